The Morgan fingerprint density at radius 2 is 1.80 bits per heavy atom. The van der Waals surface area contributed by atoms with Crippen LogP contribution in [0.1, 0.15) is 28.3 Å². The summed E-state index contributed by atoms with van der Waals surface area (Å²) in [5.74, 6) is 0.155. The summed E-state index contributed by atoms with van der Waals surface area (Å²) in [6.07, 6.45) is 7.18. The SMILES string of the molecule is Cc1ccc(C=Cc2nc(C=C3C=Nc4ccccc43)c(O)o2)cc1. The predicted octanol–water partition coefficient (Wildman–Crippen LogP) is 5.12. The van der Waals surface area contributed by atoms with Crippen LogP contribution in [0, 0.1) is 6.92 Å². The molecule has 25 heavy (non-hydrogen) atoms. The molecule has 2 aromatic carbocycles. The van der Waals surface area contributed by atoms with Crippen molar-refractivity contribution in [1.29, 1.82) is 0 Å². The summed E-state index contributed by atoms with van der Waals surface area (Å²) in [7, 11) is 0. The molecule has 1 N–H and O–H groups in total. The summed E-state index contributed by atoms with van der Waals surface area (Å²) in [5, 5.41) is 10.0. The Hall–Kier alpha value is -3.40. The largest absolute Gasteiger partial charge is 0.479 e. The average molecular weight is 328 g/mol. The van der Waals surface area contributed by atoms with Crippen molar-refractivity contribution in [2.75, 3.05) is 0 Å². The molecule has 0 saturated heterocycles. The van der Waals surface area contributed by atoms with E-state index in [9.17, 15) is 5.11 Å². The summed E-state index contributed by atoms with van der Waals surface area (Å²) < 4.78 is 5.33. The minimum absolute atomic E-state index is 0.200. The van der Waals surface area contributed by atoms with E-state index >= 15 is 0 Å². The molecule has 4 heteroatoms. The summed E-state index contributed by atoms with van der Waals surface area (Å²) in [6, 6.07) is 16.0. The van der Waals surface area contributed by atoms with Crippen LogP contribution in [-0.2, 0) is 0 Å². The fourth-order valence-electron chi connectivity index (χ4n) is 2.65. The number of nitrogens with zero attached hydrogens (tertiary/aromatic N) is 2. The molecule has 0 saturated carbocycles. The van der Waals surface area contributed by atoms with Gasteiger partial charge in [-0.1, -0.05) is 48.0 Å². The maximum absolute atomic E-state index is 10.0. The molecule has 1 aliphatic rings. The number of allylic oxidation sites excluding steroid dienone is 1. The quantitative estimate of drug-likeness (QED) is 0.726. The normalized spacial score (nSPS) is 14.5. The Morgan fingerprint density at radius 1 is 1.00 bits per heavy atom. The Labute approximate surface area is 145 Å². The minimum atomic E-state index is -0.200. The van der Waals surface area contributed by atoms with Crippen LogP contribution < -0.4 is 0 Å². The standard InChI is InChI=1S/C21H16N2O2/c1-14-6-8-15(9-7-14)10-11-20-23-19(21(24)25-20)12-16-13-22-18-5-3-2-4-17(16)18/h2-13,24H,1H3. The maximum atomic E-state index is 10.0. The van der Waals surface area contributed by atoms with Crippen LogP contribution in [0.2, 0.25) is 0 Å². The van der Waals surface area contributed by atoms with Gasteiger partial charge < -0.3 is 9.52 Å². The average Bonchev–Trinajstić information content (AvgIpc) is 3.19. The van der Waals surface area contributed by atoms with E-state index in [-0.39, 0.29) is 5.95 Å². The third-order valence-electron chi connectivity index (χ3n) is 4.00. The number of rotatable bonds is 3. The van der Waals surface area contributed by atoms with E-state index < -0.39 is 0 Å². The van der Waals surface area contributed by atoms with Gasteiger partial charge in [0.2, 0.25) is 5.89 Å². The van der Waals surface area contributed by atoms with Crippen molar-refractivity contribution in [3.8, 4) is 5.95 Å². The van der Waals surface area contributed by atoms with Gasteiger partial charge in [0, 0.05) is 23.4 Å². The van der Waals surface area contributed by atoms with E-state index in [0.29, 0.717) is 11.6 Å². The first kappa shape index (κ1) is 15.1. The maximum Gasteiger partial charge on any atom is 0.310 e. The van der Waals surface area contributed by atoms with Crippen molar-refractivity contribution in [3.05, 3.63) is 76.8 Å². The lowest BCUT2D eigenvalue weighted by molar-refractivity contribution is 0.328. The van der Waals surface area contributed by atoms with Gasteiger partial charge in [-0.3, -0.25) is 4.99 Å². The number of benzene rings is 2. The van der Waals surface area contributed by atoms with Gasteiger partial charge in [0.25, 0.3) is 0 Å². The Kier molecular flexibility index (Phi) is 3.78. The molecule has 0 radical (unpaired) electrons. The molecule has 2 heterocycles. The van der Waals surface area contributed by atoms with Crippen LogP contribution in [0.25, 0.3) is 23.8 Å². The molecular weight excluding hydrogens is 312 g/mol. The minimum Gasteiger partial charge on any atom is -0.479 e. The van der Waals surface area contributed by atoms with Crippen LogP contribution in [0.5, 0.6) is 5.95 Å². The predicted molar refractivity (Wildman–Crippen MR) is 101 cm³/mol. The Bertz CT molecular complexity index is 1010. The molecule has 0 bridgehead atoms. The van der Waals surface area contributed by atoms with Crippen LogP contribution >= 0.6 is 0 Å². The zero-order valence-corrected chi connectivity index (χ0v) is 13.7. The van der Waals surface area contributed by atoms with Gasteiger partial charge in [-0.25, -0.2) is 4.98 Å². The fourth-order valence-corrected chi connectivity index (χ4v) is 2.65. The molecule has 4 rings (SSSR count). The molecule has 0 fully saturated rings. The van der Waals surface area contributed by atoms with Crippen molar-refractivity contribution < 1.29 is 9.52 Å². The number of hydrogen-bond donors (Lipinski definition) is 1. The molecular formula is C21H16N2O2. The van der Waals surface area contributed by atoms with Crippen LogP contribution in [0.3, 0.4) is 0 Å². The lowest BCUT2D eigenvalue weighted by atomic mass is 10.1. The Morgan fingerprint density at radius 3 is 2.64 bits per heavy atom. The second kappa shape index (κ2) is 6.24. The van der Waals surface area contributed by atoms with Gasteiger partial charge in [-0.2, -0.15) is 0 Å². The molecule has 122 valence electrons. The van der Waals surface area contributed by atoms with Gasteiger partial charge in [0.05, 0.1) is 5.69 Å². The fraction of sp³-hybridized carbons (Fsp3) is 0.0476. The van der Waals surface area contributed by atoms with Gasteiger partial charge in [0.1, 0.15) is 5.69 Å². The molecule has 3 aromatic rings. The van der Waals surface area contributed by atoms with Gasteiger partial charge in [0.15, 0.2) is 0 Å². The van der Waals surface area contributed by atoms with E-state index in [0.717, 1.165) is 22.4 Å². The molecule has 1 aliphatic heterocycles. The zero-order chi connectivity index (χ0) is 17.2. The number of aromatic nitrogens is 1. The zero-order valence-electron chi connectivity index (χ0n) is 13.7. The molecule has 1 aromatic heterocycles. The number of aliphatic imine (C=N–C) groups is 1. The molecule has 0 aliphatic carbocycles. The monoisotopic (exact) mass is 328 g/mol. The molecule has 4 nitrogen and oxygen atoms in total. The summed E-state index contributed by atoms with van der Waals surface area (Å²) in [4.78, 5) is 8.69. The first-order valence-corrected chi connectivity index (χ1v) is 7.99. The number of oxazole rings is 1. The number of para-hydroxylation sites is 1. The number of aromatic hydroxyl groups is 1. The van der Waals surface area contributed by atoms with E-state index in [1.807, 2.05) is 61.5 Å². The molecule has 0 unspecified atom stereocenters. The van der Waals surface area contributed by atoms with Gasteiger partial charge in [-0.05, 0) is 30.7 Å². The van der Waals surface area contributed by atoms with E-state index in [1.165, 1.54) is 5.56 Å². The lowest BCUT2D eigenvalue weighted by Gasteiger charge is -1.97. The molecule has 0 amide bonds. The van der Waals surface area contributed by atoms with E-state index in [1.54, 1.807) is 18.4 Å². The molecule has 0 spiro atoms. The van der Waals surface area contributed by atoms with Crippen molar-refractivity contribution >= 4 is 35.7 Å². The topological polar surface area (TPSA) is 58.6 Å². The molecule has 0 atom stereocenters. The highest BCUT2D eigenvalue weighted by Crippen LogP contribution is 2.33. The first-order chi connectivity index (χ1) is 12.2. The van der Waals surface area contributed by atoms with Crippen molar-refractivity contribution in [1.82, 2.24) is 4.98 Å². The number of fused-ring (bicyclic) bond motifs is 1. The highest BCUT2D eigenvalue weighted by atomic mass is 16.5. The van der Waals surface area contributed by atoms with Crippen LogP contribution in [-0.4, -0.2) is 16.3 Å². The number of aryl methyl sites for hydroxylation is 1. The highest BCUT2D eigenvalue weighted by Gasteiger charge is 2.14. The van der Waals surface area contributed by atoms with Crippen LogP contribution in [0.15, 0.2) is 57.9 Å². The first-order valence-electron chi connectivity index (χ1n) is 7.99. The second-order valence-electron chi connectivity index (χ2n) is 5.86. The van der Waals surface area contributed by atoms with Gasteiger partial charge in [-0.15, -0.1) is 0 Å². The van der Waals surface area contributed by atoms with Crippen molar-refractivity contribution in [3.63, 3.8) is 0 Å². The van der Waals surface area contributed by atoms with Crippen molar-refractivity contribution in [2.24, 2.45) is 4.99 Å². The smallest absolute Gasteiger partial charge is 0.310 e. The third-order valence-corrected chi connectivity index (χ3v) is 4.00. The number of hydrogen-bond acceptors (Lipinski definition) is 4. The third kappa shape index (κ3) is 3.15. The second-order valence-corrected chi connectivity index (χ2v) is 5.86. The summed E-state index contributed by atoms with van der Waals surface area (Å²) in [6.45, 7) is 2.05. The summed E-state index contributed by atoms with van der Waals surface area (Å²) in [5.41, 5.74) is 5.46. The van der Waals surface area contributed by atoms with Crippen molar-refractivity contribution in [2.45, 2.75) is 6.92 Å². The summed E-state index contributed by atoms with van der Waals surface area (Å²) >= 11 is 0. The van der Waals surface area contributed by atoms with E-state index in [2.05, 4.69) is 9.98 Å². The highest BCUT2D eigenvalue weighted by molar-refractivity contribution is 6.21. The van der Waals surface area contributed by atoms with E-state index in [4.69, 9.17) is 4.42 Å². The van der Waals surface area contributed by atoms with Crippen LogP contribution in [0.4, 0.5) is 5.69 Å². The lowest BCUT2D eigenvalue weighted by Crippen LogP contribution is -1.81. The van der Waals surface area contributed by atoms with Gasteiger partial charge >= 0.3 is 5.95 Å². The Balaban J connectivity index is 1.60.